The minimum absolute atomic E-state index is 0.753. The molecule has 1 aromatic heterocycles. The number of likely N-dealkylation sites (tertiary alicyclic amines) is 1. The van der Waals surface area contributed by atoms with E-state index in [1.54, 1.807) is 0 Å². The summed E-state index contributed by atoms with van der Waals surface area (Å²) in [6.07, 6.45) is 11.0. The first-order chi connectivity index (χ1) is 16.0. The maximum atomic E-state index is 5.18. The lowest BCUT2D eigenvalue weighted by Crippen LogP contribution is -2.38. The van der Waals surface area contributed by atoms with E-state index in [9.17, 15) is 0 Å². The number of benzene rings is 2. The number of hydrogen-bond donors (Lipinski definition) is 0. The van der Waals surface area contributed by atoms with Gasteiger partial charge in [-0.15, -0.1) is 0 Å². The molecule has 1 aliphatic carbocycles. The van der Waals surface area contributed by atoms with Crippen molar-refractivity contribution in [1.29, 1.82) is 0 Å². The van der Waals surface area contributed by atoms with Crippen LogP contribution in [0.15, 0.2) is 36.4 Å². The Morgan fingerprint density at radius 3 is 2.24 bits per heavy atom. The van der Waals surface area contributed by atoms with Gasteiger partial charge in [-0.1, -0.05) is 49.1 Å². The molecule has 2 fully saturated rings. The number of nitrogens with zero attached hydrogens (tertiary/aromatic N) is 3. The lowest BCUT2D eigenvalue weighted by atomic mass is 9.87. The van der Waals surface area contributed by atoms with Crippen LogP contribution in [0.3, 0.4) is 0 Å². The average Bonchev–Trinajstić information content (AvgIpc) is 3.13. The van der Waals surface area contributed by atoms with Crippen LogP contribution < -0.4 is 0 Å². The zero-order valence-corrected chi connectivity index (χ0v) is 20.9. The number of imidazole rings is 1. The Morgan fingerprint density at radius 2 is 1.52 bits per heavy atom. The van der Waals surface area contributed by atoms with Gasteiger partial charge >= 0.3 is 0 Å². The summed E-state index contributed by atoms with van der Waals surface area (Å²) >= 11 is 0. The van der Waals surface area contributed by atoms with Crippen LogP contribution in [0.1, 0.15) is 73.0 Å². The number of fused-ring (bicyclic) bond motifs is 1. The second-order valence-corrected chi connectivity index (χ2v) is 11.0. The summed E-state index contributed by atoms with van der Waals surface area (Å²) in [5, 5.41) is 0. The highest BCUT2D eigenvalue weighted by Crippen LogP contribution is 2.29. The zero-order chi connectivity index (χ0) is 22.8. The third-order valence-corrected chi connectivity index (χ3v) is 8.32. The maximum Gasteiger partial charge on any atom is 0.110 e. The average molecular weight is 444 g/mol. The number of aryl methyl sites for hydroxylation is 3. The normalized spacial score (nSPS) is 18.9. The molecule has 0 N–H and O–H groups in total. The monoisotopic (exact) mass is 443 g/mol. The number of piperidine rings is 1. The van der Waals surface area contributed by atoms with Gasteiger partial charge in [-0.25, -0.2) is 4.98 Å². The first-order valence-corrected chi connectivity index (χ1v) is 13.3. The fourth-order valence-corrected chi connectivity index (χ4v) is 6.00. The van der Waals surface area contributed by atoms with Gasteiger partial charge in [-0.2, -0.15) is 0 Å². The van der Waals surface area contributed by atoms with Gasteiger partial charge in [0.05, 0.1) is 11.0 Å². The third kappa shape index (κ3) is 5.35. The topological polar surface area (TPSA) is 21.1 Å². The van der Waals surface area contributed by atoms with Crippen LogP contribution in [0.2, 0.25) is 0 Å². The second kappa shape index (κ2) is 10.0. The largest absolute Gasteiger partial charge is 0.323 e. The van der Waals surface area contributed by atoms with Crippen molar-refractivity contribution in [2.45, 2.75) is 78.7 Å². The summed E-state index contributed by atoms with van der Waals surface area (Å²) in [6, 6.07) is 13.6. The van der Waals surface area contributed by atoms with Crippen molar-refractivity contribution in [3.8, 4) is 0 Å². The molecule has 33 heavy (non-hydrogen) atoms. The molecule has 2 aliphatic rings. The molecule has 1 saturated heterocycles. The first kappa shape index (κ1) is 22.7. The molecular weight excluding hydrogens is 402 g/mol. The van der Waals surface area contributed by atoms with E-state index in [2.05, 4.69) is 66.6 Å². The van der Waals surface area contributed by atoms with E-state index in [0.717, 1.165) is 30.3 Å². The number of aromatic nitrogens is 2. The van der Waals surface area contributed by atoms with E-state index < -0.39 is 0 Å². The van der Waals surface area contributed by atoms with E-state index in [4.69, 9.17) is 4.98 Å². The van der Waals surface area contributed by atoms with Crippen LogP contribution in [0.4, 0.5) is 0 Å². The SMILES string of the molecule is Cc1ccc(Cn2c(CC3CCN(CC4CCCCC4)CC3)nc3cc(C)c(C)cc32)cc1. The molecule has 5 rings (SSSR count). The summed E-state index contributed by atoms with van der Waals surface area (Å²) < 4.78 is 2.50. The summed E-state index contributed by atoms with van der Waals surface area (Å²) in [4.78, 5) is 7.94. The molecule has 3 aromatic rings. The second-order valence-electron chi connectivity index (χ2n) is 11.0. The molecule has 1 aliphatic heterocycles. The quantitative estimate of drug-likeness (QED) is 0.416. The molecule has 0 spiro atoms. The van der Waals surface area contributed by atoms with E-state index in [0.29, 0.717) is 0 Å². The molecule has 0 unspecified atom stereocenters. The highest BCUT2D eigenvalue weighted by atomic mass is 15.1. The minimum Gasteiger partial charge on any atom is -0.323 e. The molecule has 2 aromatic carbocycles. The molecular formula is C30H41N3. The Kier molecular flexibility index (Phi) is 6.87. The molecule has 176 valence electrons. The first-order valence-electron chi connectivity index (χ1n) is 13.3. The van der Waals surface area contributed by atoms with Crippen molar-refractivity contribution in [1.82, 2.24) is 14.5 Å². The van der Waals surface area contributed by atoms with Crippen molar-refractivity contribution in [3.63, 3.8) is 0 Å². The van der Waals surface area contributed by atoms with Crippen LogP contribution in [-0.4, -0.2) is 34.1 Å². The molecule has 0 bridgehead atoms. The number of rotatable bonds is 6. The predicted octanol–water partition coefficient (Wildman–Crippen LogP) is 6.84. The Hall–Kier alpha value is -2.13. The van der Waals surface area contributed by atoms with Crippen LogP contribution in [-0.2, 0) is 13.0 Å². The third-order valence-electron chi connectivity index (χ3n) is 8.32. The predicted molar refractivity (Wildman–Crippen MR) is 139 cm³/mol. The molecule has 0 radical (unpaired) electrons. The molecule has 0 atom stereocenters. The van der Waals surface area contributed by atoms with Crippen molar-refractivity contribution in [2.24, 2.45) is 11.8 Å². The Labute approximate surface area is 200 Å². The standard InChI is InChI=1S/C30H41N3/c1-22-9-11-27(12-10-22)21-33-29-18-24(3)23(2)17-28(29)31-30(33)19-25-13-15-32(16-14-25)20-26-7-5-4-6-8-26/h9-12,17-18,25-26H,4-8,13-16,19-21H2,1-3H3. The Morgan fingerprint density at radius 1 is 0.818 bits per heavy atom. The van der Waals surface area contributed by atoms with Gasteiger partial charge in [0, 0.05) is 19.5 Å². The van der Waals surface area contributed by atoms with E-state index >= 15 is 0 Å². The lowest BCUT2D eigenvalue weighted by Gasteiger charge is -2.35. The molecule has 1 saturated carbocycles. The maximum absolute atomic E-state index is 5.18. The lowest BCUT2D eigenvalue weighted by molar-refractivity contribution is 0.144. The highest BCUT2D eigenvalue weighted by Gasteiger charge is 2.24. The van der Waals surface area contributed by atoms with Crippen LogP contribution in [0, 0.1) is 32.6 Å². The van der Waals surface area contributed by atoms with E-state index in [1.807, 2.05) is 0 Å². The van der Waals surface area contributed by atoms with Gasteiger partial charge < -0.3 is 9.47 Å². The summed E-state index contributed by atoms with van der Waals surface area (Å²) in [5.74, 6) is 2.99. The van der Waals surface area contributed by atoms with Crippen LogP contribution in [0.25, 0.3) is 11.0 Å². The van der Waals surface area contributed by atoms with Crippen molar-refractivity contribution in [2.75, 3.05) is 19.6 Å². The highest BCUT2D eigenvalue weighted by molar-refractivity contribution is 5.78. The molecule has 2 heterocycles. The zero-order valence-electron chi connectivity index (χ0n) is 20.9. The fourth-order valence-electron chi connectivity index (χ4n) is 6.00. The summed E-state index contributed by atoms with van der Waals surface area (Å²) in [5.41, 5.74) is 7.83. The van der Waals surface area contributed by atoms with E-state index in [1.165, 1.54) is 98.2 Å². The minimum atomic E-state index is 0.753. The van der Waals surface area contributed by atoms with Gasteiger partial charge in [0.15, 0.2) is 0 Å². The molecule has 3 nitrogen and oxygen atoms in total. The van der Waals surface area contributed by atoms with Gasteiger partial charge in [0.25, 0.3) is 0 Å². The van der Waals surface area contributed by atoms with Gasteiger partial charge in [-0.3, -0.25) is 0 Å². The Balaban J connectivity index is 1.31. The van der Waals surface area contributed by atoms with Crippen LogP contribution in [0.5, 0.6) is 0 Å². The van der Waals surface area contributed by atoms with E-state index in [-0.39, 0.29) is 0 Å². The van der Waals surface area contributed by atoms with Gasteiger partial charge in [-0.05, 0) is 100 Å². The smallest absolute Gasteiger partial charge is 0.110 e. The summed E-state index contributed by atoms with van der Waals surface area (Å²) in [6.45, 7) is 11.4. The molecule has 0 amide bonds. The van der Waals surface area contributed by atoms with Crippen molar-refractivity contribution >= 4 is 11.0 Å². The summed E-state index contributed by atoms with van der Waals surface area (Å²) in [7, 11) is 0. The van der Waals surface area contributed by atoms with Gasteiger partial charge in [0.2, 0.25) is 0 Å². The molecule has 3 heteroatoms. The van der Waals surface area contributed by atoms with Crippen LogP contribution >= 0.6 is 0 Å². The van der Waals surface area contributed by atoms with Crippen molar-refractivity contribution in [3.05, 3.63) is 64.5 Å². The fraction of sp³-hybridized carbons (Fsp3) is 0.567. The number of hydrogen-bond acceptors (Lipinski definition) is 2. The Bertz CT molecular complexity index is 1060. The van der Waals surface area contributed by atoms with Gasteiger partial charge in [0.1, 0.15) is 5.82 Å². The van der Waals surface area contributed by atoms with Crippen molar-refractivity contribution < 1.29 is 0 Å².